The molecule has 0 aromatic heterocycles. The molecule has 21 heavy (non-hydrogen) atoms. The van der Waals surface area contributed by atoms with E-state index >= 15 is 0 Å². The van der Waals surface area contributed by atoms with Gasteiger partial charge in [-0.05, 0) is 55.3 Å². The van der Waals surface area contributed by atoms with Crippen LogP contribution in [0, 0.1) is 0 Å². The van der Waals surface area contributed by atoms with Gasteiger partial charge in [-0.25, -0.2) is 0 Å². The average molecular weight is 284 g/mol. The molecular formula is C18H20O3. The third-order valence-corrected chi connectivity index (χ3v) is 3.39. The van der Waals surface area contributed by atoms with Crippen LogP contribution in [0.2, 0.25) is 0 Å². The van der Waals surface area contributed by atoms with Gasteiger partial charge in [-0.1, -0.05) is 19.1 Å². The van der Waals surface area contributed by atoms with Crippen LogP contribution in [0.4, 0.5) is 0 Å². The summed E-state index contributed by atoms with van der Waals surface area (Å²) in [5.74, 6) is 1.40. The zero-order valence-corrected chi connectivity index (χ0v) is 12.6. The van der Waals surface area contributed by atoms with Gasteiger partial charge in [0.2, 0.25) is 5.78 Å². The van der Waals surface area contributed by atoms with E-state index in [9.17, 15) is 4.79 Å². The van der Waals surface area contributed by atoms with Crippen LogP contribution < -0.4 is 9.47 Å². The third kappa shape index (κ3) is 3.85. The predicted octanol–water partition coefficient (Wildman–Crippen LogP) is 3.91. The van der Waals surface area contributed by atoms with Crippen molar-refractivity contribution in [1.82, 2.24) is 0 Å². The van der Waals surface area contributed by atoms with Crippen LogP contribution in [-0.4, -0.2) is 19.0 Å². The lowest BCUT2D eigenvalue weighted by atomic mass is 10.1. The molecule has 0 aliphatic heterocycles. The van der Waals surface area contributed by atoms with Crippen LogP contribution in [0.15, 0.2) is 48.5 Å². The molecule has 0 radical (unpaired) electrons. The molecule has 0 saturated heterocycles. The first-order chi connectivity index (χ1) is 10.1. The second kappa shape index (κ2) is 6.93. The Balaban J connectivity index is 2.03. The first kappa shape index (κ1) is 15.1. The van der Waals surface area contributed by atoms with E-state index in [-0.39, 0.29) is 5.78 Å². The second-order valence-corrected chi connectivity index (χ2v) is 4.85. The van der Waals surface area contributed by atoms with E-state index in [1.165, 1.54) is 5.56 Å². The summed E-state index contributed by atoms with van der Waals surface area (Å²) < 4.78 is 10.8. The summed E-state index contributed by atoms with van der Waals surface area (Å²) in [6.07, 6.45) is 0.464. The van der Waals surface area contributed by atoms with Crippen molar-refractivity contribution >= 4 is 5.78 Å². The number of rotatable bonds is 6. The Hall–Kier alpha value is -2.29. The minimum Gasteiger partial charge on any atom is -0.497 e. The van der Waals surface area contributed by atoms with Crippen molar-refractivity contribution in [3.8, 4) is 11.5 Å². The second-order valence-electron chi connectivity index (χ2n) is 4.85. The average Bonchev–Trinajstić information content (AvgIpc) is 2.55. The molecule has 2 aromatic rings. The van der Waals surface area contributed by atoms with E-state index in [1.807, 2.05) is 24.3 Å². The molecule has 0 amide bonds. The van der Waals surface area contributed by atoms with E-state index in [1.54, 1.807) is 38.3 Å². The SMILES string of the molecule is CCc1ccc(OC(C)C(=O)c2ccc(OC)cc2)cc1. The van der Waals surface area contributed by atoms with Gasteiger partial charge < -0.3 is 9.47 Å². The summed E-state index contributed by atoms with van der Waals surface area (Å²) >= 11 is 0. The molecule has 0 heterocycles. The topological polar surface area (TPSA) is 35.5 Å². The highest BCUT2D eigenvalue weighted by atomic mass is 16.5. The minimum absolute atomic E-state index is 0.0442. The zero-order chi connectivity index (χ0) is 15.2. The highest BCUT2D eigenvalue weighted by molar-refractivity contribution is 5.99. The fourth-order valence-corrected chi connectivity index (χ4v) is 2.05. The van der Waals surface area contributed by atoms with Gasteiger partial charge in [0.05, 0.1) is 7.11 Å². The summed E-state index contributed by atoms with van der Waals surface area (Å²) in [5, 5.41) is 0. The van der Waals surface area contributed by atoms with Gasteiger partial charge in [0.25, 0.3) is 0 Å². The van der Waals surface area contributed by atoms with Gasteiger partial charge in [-0.2, -0.15) is 0 Å². The van der Waals surface area contributed by atoms with E-state index in [0.29, 0.717) is 11.3 Å². The van der Waals surface area contributed by atoms with E-state index in [0.717, 1.165) is 12.2 Å². The third-order valence-electron chi connectivity index (χ3n) is 3.39. The van der Waals surface area contributed by atoms with Crippen LogP contribution in [0.5, 0.6) is 11.5 Å². The molecule has 0 N–H and O–H groups in total. The van der Waals surface area contributed by atoms with Crippen molar-refractivity contribution in [2.45, 2.75) is 26.4 Å². The van der Waals surface area contributed by atoms with Gasteiger partial charge in [0, 0.05) is 5.56 Å². The summed E-state index contributed by atoms with van der Waals surface area (Å²) in [6.45, 7) is 3.87. The van der Waals surface area contributed by atoms with Crippen molar-refractivity contribution in [2.75, 3.05) is 7.11 Å². The molecule has 1 atom stereocenters. The number of carbonyl (C=O) groups is 1. The lowest BCUT2D eigenvalue weighted by Crippen LogP contribution is -2.23. The maximum Gasteiger partial charge on any atom is 0.202 e. The number of Topliss-reactive ketones (excluding diaryl/α,β-unsaturated/α-hetero) is 1. The summed E-state index contributed by atoms with van der Waals surface area (Å²) in [6, 6.07) is 14.9. The molecule has 2 aromatic carbocycles. The number of carbonyl (C=O) groups excluding carboxylic acids is 1. The number of benzene rings is 2. The van der Waals surface area contributed by atoms with Crippen molar-refractivity contribution in [3.05, 3.63) is 59.7 Å². The Bertz CT molecular complexity index is 585. The molecule has 0 aliphatic carbocycles. The number of methoxy groups -OCH3 is 1. The number of aryl methyl sites for hydroxylation is 1. The fourth-order valence-electron chi connectivity index (χ4n) is 2.05. The van der Waals surface area contributed by atoms with Crippen molar-refractivity contribution < 1.29 is 14.3 Å². The molecule has 0 fully saturated rings. The molecule has 3 heteroatoms. The number of hydrogen-bond donors (Lipinski definition) is 0. The quantitative estimate of drug-likeness (QED) is 0.754. The maximum absolute atomic E-state index is 12.3. The molecule has 0 bridgehead atoms. The van der Waals surface area contributed by atoms with E-state index in [4.69, 9.17) is 9.47 Å². The lowest BCUT2D eigenvalue weighted by molar-refractivity contribution is 0.0818. The number of ether oxygens (including phenoxy) is 2. The Morgan fingerprint density at radius 1 is 1.00 bits per heavy atom. The lowest BCUT2D eigenvalue weighted by Gasteiger charge is -2.14. The normalized spacial score (nSPS) is 11.8. The Morgan fingerprint density at radius 2 is 1.57 bits per heavy atom. The molecule has 0 aliphatic rings. The largest absolute Gasteiger partial charge is 0.497 e. The van der Waals surface area contributed by atoms with Gasteiger partial charge in [-0.3, -0.25) is 4.79 Å². The summed E-state index contributed by atoms with van der Waals surface area (Å²) in [7, 11) is 1.60. The maximum atomic E-state index is 12.3. The molecule has 0 spiro atoms. The van der Waals surface area contributed by atoms with Gasteiger partial charge in [-0.15, -0.1) is 0 Å². The number of ketones is 1. The van der Waals surface area contributed by atoms with Crippen LogP contribution in [0.25, 0.3) is 0 Å². The molecule has 1 unspecified atom stereocenters. The molecule has 110 valence electrons. The molecule has 2 rings (SSSR count). The standard InChI is InChI=1S/C18H20O3/c1-4-14-5-9-17(10-6-14)21-13(2)18(19)15-7-11-16(20-3)12-8-15/h5-13H,4H2,1-3H3. The molecule has 3 nitrogen and oxygen atoms in total. The summed E-state index contributed by atoms with van der Waals surface area (Å²) in [4.78, 5) is 12.3. The van der Waals surface area contributed by atoms with Crippen LogP contribution in [-0.2, 0) is 6.42 Å². The van der Waals surface area contributed by atoms with Crippen molar-refractivity contribution in [3.63, 3.8) is 0 Å². The van der Waals surface area contributed by atoms with E-state index in [2.05, 4.69) is 6.92 Å². The molecule has 0 saturated carbocycles. The zero-order valence-electron chi connectivity index (χ0n) is 12.6. The Morgan fingerprint density at radius 3 is 2.10 bits per heavy atom. The molecular weight excluding hydrogens is 264 g/mol. The first-order valence-corrected chi connectivity index (χ1v) is 7.08. The Kier molecular flexibility index (Phi) is 4.99. The first-order valence-electron chi connectivity index (χ1n) is 7.08. The highest BCUT2D eigenvalue weighted by Crippen LogP contribution is 2.17. The Labute approximate surface area is 125 Å². The van der Waals surface area contributed by atoms with Crippen molar-refractivity contribution in [2.24, 2.45) is 0 Å². The van der Waals surface area contributed by atoms with Gasteiger partial charge in [0.1, 0.15) is 11.5 Å². The highest BCUT2D eigenvalue weighted by Gasteiger charge is 2.16. The predicted molar refractivity (Wildman–Crippen MR) is 83.2 cm³/mol. The number of hydrogen-bond acceptors (Lipinski definition) is 3. The smallest absolute Gasteiger partial charge is 0.202 e. The van der Waals surface area contributed by atoms with Crippen molar-refractivity contribution in [1.29, 1.82) is 0 Å². The van der Waals surface area contributed by atoms with Gasteiger partial charge >= 0.3 is 0 Å². The minimum atomic E-state index is -0.522. The van der Waals surface area contributed by atoms with Gasteiger partial charge in [0.15, 0.2) is 6.10 Å². The fraction of sp³-hybridized carbons (Fsp3) is 0.278. The monoisotopic (exact) mass is 284 g/mol. The van der Waals surface area contributed by atoms with Crippen LogP contribution >= 0.6 is 0 Å². The summed E-state index contributed by atoms with van der Waals surface area (Å²) in [5.41, 5.74) is 1.87. The van der Waals surface area contributed by atoms with Crippen LogP contribution in [0.1, 0.15) is 29.8 Å². The van der Waals surface area contributed by atoms with E-state index < -0.39 is 6.10 Å². The van der Waals surface area contributed by atoms with Crippen LogP contribution in [0.3, 0.4) is 0 Å².